The van der Waals surface area contributed by atoms with Gasteiger partial charge in [0.15, 0.2) is 0 Å². The third kappa shape index (κ3) is 3.61. The molecule has 0 spiro atoms. The molecule has 4 nitrogen and oxygen atoms in total. The van der Waals surface area contributed by atoms with Gasteiger partial charge in [-0.25, -0.2) is 0 Å². The molecule has 4 aromatic heterocycles. The molecule has 0 unspecified atom stereocenters. The van der Waals surface area contributed by atoms with Crippen LogP contribution in [0.2, 0.25) is 0 Å². The van der Waals surface area contributed by atoms with Crippen molar-refractivity contribution in [3.05, 3.63) is 120 Å². The number of nitrogens with zero attached hydrogens (tertiary/aromatic N) is 4. The van der Waals surface area contributed by atoms with E-state index in [4.69, 9.17) is 9.97 Å². The molecule has 0 fully saturated rings. The third-order valence-electron chi connectivity index (χ3n) is 9.30. The van der Waals surface area contributed by atoms with Gasteiger partial charge in [-0.05, 0) is 36.8 Å². The number of fused-ring (bicyclic) bond motifs is 16. The molecule has 7 rings (SSSR count). The number of pyridine rings is 2. The first-order chi connectivity index (χ1) is 18.6. The Labute approximate surface area is 249 Å². The van der Waals surface area contributed by atoms with Crippen molar-refractivity contribution in [3.63, 3.8) is 0 Å². The second-order valence-electron chi connectivity index (χ2n) is 12.3. The van der Waals surface area contributed by atoms with Crippen LogP contribution in [0.25, 0.3) is 33.4 Å². The smallest absolute Gasteiger partial charge is 0.428 e. The summed E-state index contributed by atoms with van der Waals surface area (Å²) < 4.78 is 4.27. The Morgan fingerprint density at radius 3 is 1.35 bits per heavy atom. The Kier molecular flexibility index (Phi) is 6.00. The predicted octanol–water partition coefficient (Wildman–Crippen LogP) is 7.86. The third-order valence-corrected chi connectivity index (χ3v) is 9.30. The minimum Gasteiger partial charge on any atom is -0.428 e. The zero-order valence-electron chi connectivity index (χ0n) is 23.7. The molecular formula is C35H32N4Pd. The summed E-state index contributed by atoms with van der Waals surface area (Å²) in [6.45, 7) is 13.7. The summed E-state index contributed by atoms with van der Waals surface area (Å²) in [5.74, 6) is 1.73. The Hall–Kier alpha value is -3.52. The molecule has 0 aliphatic carbocycles. The molecular weight excluding hydrogens is 583 g/mol. The Morgan fingerprint density at radius 1 is 0.525 bits per heavy atom. The molecule has 0 saturated carbocycles. The van der Waals surface area contributed by atoms with Crippen LogP contribution in [-0.2, 0) is 36.7 Å². The zero-order chi connectivity index (χ0) is 27.2. The predicted molar refractivity (Wildman–Crippen MR) is 158 cm³/mol. The summed E-state index contributed by atoms with van der Waals surface area (Å²) >= 11 is 0. The summed E-state index contributed by atoms with van der Waals surface area (Å²) in [6.07, 6.45) is 7.63. The van der Waals surface area contributed by atoms with Gasteiger partial charge in [0, 0.05) is 16.8 Å². The Morgan fingerprint density at radius 2 is 0.925 bits per heavy atom. The maximum atomic E-state index is 5.21. The maximum absolute atomic E-state index is 5.21. The second kappa shape index (κ2) is 9.00. The number of para-hydroxylation sites is 2. The molecule has 6 aromatic rings. The van der Waals surface area contributed by atoms with E-state index in [1.807, 2.05) is 0 Å². The molecule has 40 heavy (non-hydrogen) atoms. The number of hydrogen-bond donors (Lipinski definition) is 0. The van der Waals surface area contributed by atoms with Crippen LogP contribution in [0, 0.1) is 12.4 Å². The van der Waals surface area contributed by atoms with Crippen molar-refractivity contribution in [2.45, 2.75) is 57.8 Å². The van der Waals surface area contributed by atoms with Crippen LogP contribution in [0.4, 0.5) is 0 Å². The first-order valence-corrected chi connectivity index (χ1v) is 13.6. The van der Waals surface area contributed by atoms with Crippen LogP contribution in [0.1, 0.15) is 64.1 Å². The van der Waals surface area contributed by atoms with E-state index in [1.54, 1.807) is 0 Å². The number of rotatable bonds is 0. The summed E-state index contributed by atoms with van der Waals surface area (Å²) in [5, 5.41) is 2.40. The summed E-state index contributed by atoms with van der Waals surface area (Å²) in [7, 11) is 0. The van der Waals surface area contributed by atoms with Gasteiger partial charge in [-0.1, -0.05) is 112 Å². The van der Waals surface area contributed by atoms with Gasteiger partial charge in [-0.3, -0.25) is 9.97 Å². The molecule has 0 atom stereocenters. The molecule has 5 heterocycles. The van der Waals surface area contributed by atoms with Crippen LogP contribution >= 0.6 is 0 Å². The van der Waals surface area contributed by atoms with Crippen LogP contribution in [0.15, 0.2) is 84.9 Å². The van der Waals surface area contributed by atoms with E-state index in [0.29, 0.717) is 0 Å². The number of hydrogen-bond acceptors (Lipinski definition) is 2. The molecule has 0 radical (unpaired) electrons. The fraction of sp³-hybridized carbons (Fsp3) is 0.257. The van der Waals surface area contributed by atoms with Gasteiger partial charge in [-0.15, -0.1) is 34.0 Å². The maximum Gasteiger partial charge on any atom is 2.00 e. The molecule has 0 saturated heterocycles. The van der Waals surface area contributed by atoms with Gasteiger partial charge in [0.2, 0.25) is 0 Å². The van der Waals surface area contributed by atoms with Crippen LogP contribution in [0.3, 0.4) is 0 Å². The first-order valence-electron chi connectivity index (χ1n) is 13.6. The molecule has 0 N–H and O–H groups in total. The van der Waals surface area contributed by atoms with Gasteiger partial charge in [0.05, 0.1) is 11.6 Å². The first kappa shape index (κ1) is 26.7. The fourth-order valence-corrected chi connectivity index (χ4v) is 6.09. The quantitative estimate of drug-likeness (QED) is 0.129. The van der Waals surface area contributed by atoms with Gasteiger partial charge < -0.3 is 9.13 Å². The van der Waals surface area contributed by atoms with Crippen LogP contribution in [0.5, 0.6) is 0 Å². The fourth-order valence-electron chi connectivity index (χ4n) is 6.09. The van der Waals surface area contributed by atoms with E-state index in [0.717, 1.165) is 34.1 Å². The zero-order valence-corrected chi connectivity index (χ0v) is 25.2. The van der Waals surface area contributed by atoms with E-state index >= 15 is 0 Å². The Balaban J connectivity index is 0.00000289. The molecule has 5 heteroatoms. The van der Waals surface area contributed by atoms with E-state index in [1.165, 1.54) is 21.9 Å². The van der Waals surface area contributed by atoms with E-state index in [-0.39, 0.29) is 31.3 Å². The van der Waals surface area contributed by atoms with E-state index < -0.39 is 5.41 Å². The number of benzene rings is 2. The molecule has 8 bridgehead atoms. The van der Waals surface area contributed by atoms with Crippen molar-refractivity contribution >= 4 is 21.8 Å². The van der Waals surface area contributed by atoms with Gasteiger partial charge >= 0.3 is 20.4 Å². The number of aromatic nitrogens is 4. The average molecular weight is 615 g/mol. The van der Waals surface area contributed by atoms with Crippen molar-refractivity contribution in [1.82, 2.24) is 19.1 Å². The normalized spacial score (nSPS) is 16.6. The standard InChI is InChI=1S/C35H32N4.Pd/c1-33(2)29-17-11-19-31(36-29)38-21-25(23-13-7-9-15-27(23)38)34(3,4)35(5,6)26-22-39(28-16-10-8-14-24(26)28)32-20-12-18-30(33)37-32;/h7-20H,1-6H3;/q-2;+2. The molecule has 0 amide bonds. The molecule has 2 aromatic carbocycles. The average Bonchev–Trinajstić information content (AvgIpc) is 3.53. The molecule has 1 aliphatic rings. The summed E-state index contributed by atoms with van der Waals surface area (Å²) in [6, 6.07) is 29.7. The van der Waals surface area contributed by atoms with Gasteiger partial charge in [0.1, 0.15) is 0 Å². The second-order valence-corrected chi connectivity index (χ2v) is 12.3. The van der Waals surface area contributed by atoms with Crippen molar-refractivity contribution in [2.24, 2.45) is 0 Å². The monoisotopic (exact) mass is 614 g/mol. The van der Waals surface area contributed by atoms with Crippen molar-refractivity contribution in [1.29, 1.82) is 0 Å². The summed E-state index contributed by atoms with van der Waals surface area (Å²) in [4.78, 5) is 10.4. The van der Waals surface area contributed by atoms with Crippen molar-refractivity contribution in [2.75, 3.05) is 0 Å². The van der Waals surface area contributed by atoms with Crippen LogP contribution < -0.4 is 0 Å². The largest absolute Gasteiger partial charge is 2.00 e. The minimum absolute atomic E-state index is 0. The van der Waals surface area contributed by atoms with Crippen molar-refractivity contribution in [3.8, 4) is 11.6 Å². The Bertz CT molecular complexity index is 1770. The van der Waals surface area contributed by atoms with Crippen LogP contribution in [-0.4, -0.2) is 19.1 Å². The van der Waals surface area contributed by atoms with Crippen molar-refractivity contribution < 1.29 is 20.4 Å². The SMILES string of the molecule is CC1(C)c2cccc(n2)-n2[c-]c(c3ccccc32)C(C)(C)C(C)(C)c2[c-]n(c3ccccc23)-c2cccc1n2.[Pd+2]. The molecule has 202 valence electrons. The van der Waals surface area contributed by atoms with Gasteiger partial charge in [0.25, 0.3) is 0 Å². The van der Waals surface area contributed by atoms with Gasteiger partial charge in [-0.2, -0.15) is 0 Å². The topological polar surface area (TPSA) is 35.6 Å². The van der Waals surface area contributed by atoms with E-state index in [9.17, 15) is 0 Å². The van der Waals surface area contributed by atoms with E-state index in [2.05, 4.69) is 148 Å². The summed E-state index contributed by atoms with van der Waals surface area (Å²) in [5.41, 5.74) is 5.49. The molecule has 1 aliphatic heterocycles. The minimum atomic E-state index is -0.414.